The monoisotopic (exact) mass is 728 g/mol. The molecular weight excluding hydrogens is 687 g/mol. The Balaban J connectivity index is 1.50. The number of ether oxygens (including phenoxy) is 2. The van der Waals surface area contributed by atoms with E-state index in [0.29, 0.717) is 23.7 Å². The number of pyridine rings is 1. The Bertz CT molecular complexity index is 1990. The molecular formula is C38H42F6N4O2Si. The summed E-state index contributed by atoms with van der Waals surface area (Å²) in [6.45, 7) is 12.2. The van der Waals surface area contributed by atoms with Crippen molar-refractivity contribution < 1.29 is 35.8 Å². The molecule has 0 N–H and O–H groups in total. The minimum Gasteiger partial charge on any atom is -0.467 e. The van der Waals surface area contributed by atoms with Crippen LogP contribution in [0.15, 0.2) is 36.5 Å². The lowest BCUT2D eigenvalue weighted by Gasteiger charge is -2.38. The molecule has 2 fully saturated rings. The first-order chi connectivity index (χ1) is 24.1. The van der Waals surface area contributed by atoms with E-state index in [1.165, 1.54) is 6.07 Å². The van der Waals surface area contributed by atoms with Crippen molar-refractivity contribution in [3.05, 3.63) is 53.7 Å². The fourth-order valence-corrected chi connectivity index (χ4v) is 13.7. The summed E-state index contributed by atoms with van der Waals surface area (Å²) < 4.78 is 97.7. The SMILES string of the molecule is CC(C)[Si](C#Cc1c(F)ccc2cccc(-c3ncc4c(OCC(F)(F)F)nc(OC[C@@]56CCCN5C[C@H](F)C6)nc4c3F)c12)(C(C)C)C(C)C. The summed E-state index contributed by atoms with van der Waals surface area (Å²) in [7, 11) is -2.30. The molecule has 4 aromatic rings. The summed E-state index contributed by atoms with van der Waals surface area (Å²) in [6.07, 6.45) is -2.87. The van der Waals surface area contributed by atoms with Gasteiger partial charge < -0.3 is 9.47 Å². The van der Waals surface area contributed by atoms with Gasteiger partial charge in [-0.2, -0.15) is 23.1 Å². The zero-order chi connectivity index (χ0) is 36.9. The Morgan fingerprint density at radius 2 is 1.73 bits per heavy atom. The van der Waals surface area contributed by atoms with Gasteiger partial charge in [-0.3, -0.25) is 9.88 Å². The molecule has 0 saturated carbocycles. The van der Waals surface area contributed by atoms with Gasteiger partial charge in [0, 0.05) is 30.1 Å². The number of fused-ring (bicyclic) bond motifs is 3. The van der Waals surface area contributed by atoms with E-state index in [2.05, 4.69) is 68.0 Å². The van der Waals surface area contributed by atoms with E-state index >= 15 is 8.78 Å². The quantitative estimate of drug-likeness (QED) is 0.0973. The minimum absolute atomic E-state index is 0.0320. The molecule has 2 aliphatic heterocycles. The molecule has 0 bridgehead atoms. The average Bonchev–Trinajstić information content (AvgIpc) is 3.58. The lowest BCUT2D eigenvalue weighted by atomic mass is 9.95. The van der Waals surface area contributed by atoms with Crippen molar-refractivity contribution in [2.45, 2.75) is 95.3 Å². The van der Waals surface area contributed by atoms with Crippen LogP contribution in [0.1, 0.15) is 66.4 Å². The Morgan fingerprint density at radius 1 is 1.00 bits per heavy atom. The molecule has 2 aromatic carbocycles. The molecule has 0 aliphatic carbocycles. The van der Waals surface area contributed by atoms with Crippen LogP contribution < -0.4 is 9.47 Å². The van der Waals surface area contributed by atoms with Gasteiger partial charge in [-0.05, 0) is 47.5 Å². The number of nitrogens with zero attached hydrogens (tertiary/aromatic N) is 4. The van der Waals surface area contributed by atoms with Gasteiger partial charge in [-0.25, -0.2) is 13.2 Å². The second-order valence-electron chi connectivity index (χ2n) is 14.7. The van der Waals surface area contributed by atoms with E-state index in [1.807, 2.05) is 4.90 Å². The molecule has 2 saturated heterocycles. The van der Waals surface area contributed by atoms with E-state index in [-0.39, 0.29) is 63.9 Å². The second-order valence-corrected chi connectivity index (χ2v) is 20.3. The molecule has 13 heteroatoms. The second kappa shape index (κ2) is 13.9. The fourth-order valence-electron chi connectivity index (χ4n) is 8.45. The number of halogens is 6. The van der Waals surface area contributed by atoms with Crippen molar-refractivity contribution in [1.29, 1.82) is 0 Å². The Morgan fingerprint density at radius 3 is 2.41 bits per heavy atom. The van der Waals surface area contributed by atoms with Gasteiger partial charge >= 0.3 is 12.2 Å². The molecule has 2 aromatic heterocycles. The highest BCUT2D eigenvalue weighted by atomic mass is 28.3. The summed E-state index contributed by atoms with van der Waals surface area (Å²) in [5, 5.41) is 0.761. The van der Waals surface area contributed by atoms with Crippen molar-refractivity contribution in [3.63, 3.8) is 0 Å². The molecule has 0 radical (unpaired) electrons. The number of rotatable bonds is 9. The third-order valence-electron chi connectivity index (χ3n) is 10.8. The van der Waals surface area contributed by atoms with Gasteiger partial charge in [0.25, 0.3) is 0 Å². The summed E-state index contributed by atoms with van der Waals surface area (Å²) in [5.41, 5.74) is 3.58. The summed E-state index contributed by atoms with van der Waals surface area (Å²) in [5.74, 6) is 1.10. The van der Waals surface area contributed by atoms with E-state index in [4.69, 9.17) is 9.47 Å². The van der Waals surface area contributed by atoms with E-state index < -0.39 is 56.1 Å². The number of alkyl halides is 4. The van der Waals surface area contributed by atoms with Crippen LogP contribution in [-0.2, 0) is 0 Å². The van der Waals surface area contributed by atoms with Crippen LogP contribution in [-0.4, -0.2) is 72.1 Å². The Kier molecular flexibility index (Phi) is 10.1. The molecule has 4 heterocycles. The fraction of sp³-hybridized carbons (Fsp3) is 0.500. The predicted molar refractivity (Wildman–Crippen MR) is 188 cm³/mol. The van der Waals surface area contributed by atoms with Crippen molar-refractivity contribution in [2.24, 2.45) is 0 Å². The summed E-state index contributed by atoms with van der Waals surface area (Å²) >= 11 is 0. The van der Waals surface area contributed by atoms with Crippen molar-refractivity contribution >= 4 is 29.7 Å². The van der Waals surface area contributed by atoms with Gasteiger partial charge in [-0.15, -0.1) is 5.54 Å². The van der Waals surface area contributed by atoms with E-state index in [1.54, 1.807) is 24.3 Å². The predicted octanol–water partition coefficient (Wildman–Crippen LogP) is 9.59. The van der Waals surface area contributed by atoms with Crippen molar-refractivity contribution in [1.82, 2.24) is 19.9 Å². The third-order valence-corrected chi connectivity index (χ3v) is 17.0. The maximum Gasteiger partial charge on any atom is 0.422 e. The largest absolute Gasteiger partial charge is 0.467 e. The van der Waals surface area contributed by atoms with Gasteiger partial charge in [0.15, 0.2) is 12.4 Å². The van der Waals surface area contributed by atoms with Gasteiger partial charge in [0.1, 0.15) is 37.9 Å². The molecule has 2 atom stereocenters. The normalized spacial score (nSPS) is 19.7. The third kappa shape index (κ3) is 6.89. The van der Waals surface area contributed by atoms with Crippen LogP contribution in [0.5, 0.6) is 11.9 Å². The van der Waals surface area contributed by atoms with Crippen molar-refractivity contribution in [3.8, 4) is 34.6 Å². The van der Waals surface area contributed by atoms with Crippen LogP contribution in [0, 0.1) is 23.1 Å². The molecule has 51 heavy (non-hydrogen) atoms. The van der Waals surface area contributed by atoms with Crippen LogP contribution in [0.3, 0.4) is 0 Å². The van der Waals surface area contributed by atoms with Gasteiger partial charge in [-0.1, -0.05) is 71.7 Å². The molecule has 6 nitrogen and oxygen atoms in total. The number of benzene rings is 2. The van der Waals surface area contributed by atoms with E-state index in [0.717, 1.165) is 12.6 Å². The van der Waals surface area contributed by atoms with Crippen LogP contribution in [0.2, 0.25) is 16.6 Å². The standard InChI is InChI=1S/C38H42F6N4O2Si/c1-22(2)51(23(3)4,24(5)6)16-13-27-30(40)12-11-25-9-7-10-28(31(25)27)33-32(41)34-29(18-45-33)35(49-21-38(42,43)44)47-36(46-34)50-20-37-14-8-15-48(37)19-26(39)17-37/h7,9-12,18,22-24,26H,8,14-15,17,19-21H2,1-6H3/t26-,37+/m1/s1. The molecule has 0 amide bonds. The molecule has 2 aliphatic rings. The number of hydrogen-bond acceptors (Lipinski definition) is 6. The van der Waals surface area contributed by atoms with Crippen LogP contribution in [0.4, 0.5) is 26.3 Å². The maximum absolute atomic E-state index is 16.8. The van der Waals surface area contributed by atoms with Gasteiger partial charge in [0.05, 0.1) is 16.5 Å². The zero-order valence-corrected chi connectivity index (χ0v) is 30.6. The summed E-state index contributed by atoms with van der Waals surface area (Å²) in [4.78, 5) is 14.7. The highest BCUT2D eigenvalue weighted by molar-refractivity contribution is 6.90. The summed E-state index contributed by atoms with van der Waals surface area (Å²) in [6, 6.07) is 7.58. The topological polar surface area (TPSA) is 60.4 Å². The number of hydrogen-bond donors (Lipinski definition) is 0. The molecule has 272 valence electrons. The molecule has 0 unspecified atom stereocenters. The Hall–Kier alpha value is -3.89. The first-order valence-corrected chi connectivity index (χ1v) is 19.6. The highest BCUT2D eigenvalue weighted by Gasteiger charge is 2.49. The number of aromatic nitrogens is 3. The first-order valence-electron chi connectivity index (χ1n) is 17.4. The minimum atomic E-state index is -4.71. The molecule has 6 rings (SSSR count). The van der Waals surface area contributed by atoms with Gasteiger partial charge in [0.2, 0.25) is 5.88 Å². The lowest BCUT2D eigenvalue weighted by molar-refractivity contribution is -0.153. The van der Waals surface area contributed by atoms with Crippen molar-refractivity contribution in [2.75, 3.05) is 26.3 Å². The zero-order valence-electron chi connectivity index (χ0n) is 29.6. The first kappa shape index (κ1) is 36.9. The lowest BCUT2D eigenvalue weighted by Crippen LogP contribution is -2.43. The Labute approximate surface area is 295 Å². The van der Waals surface area contributed by atoms with E-state index in [9.17, 15) is 17.6 Å². The highest BCUT2D eigenvalue weighted by Crippen LogP contribution is 2.43. The molecule has 0 spiro atoms. The van der Waals surface area contributed by atoms with Crippen LogP contribution >= 0.6 is 0 Å². The smallest absolute Gasteiger partial charge is 0.422 e. The average molecular weight is 729 g/mol. The maximum atomic E-state index is 16.8. The van der Waals surface area contributed by atoms with Crippen LogP contribution in [0.25, 0.3) is 32.9 Å².